The lowest BCUT2D eigenvalue weighted by atomic mass is 10.1. The molecule has 3 nitrogen and oxygen atoms in total. The van der Waals surface area contributed by atoms with Gasteiger partial charge in [0.1, 0.15) is 5.78 Å². The Morgan fingerprint density at radius 2 is 1.06 bits per heavy atom. The molecule has 18 heavy (non-hydrogen) atoms. The van der Waals surface area contributed by atoms with Gasteiger partial charge in [-0.05, 0) is 51.9 Å². The highest BCUT2D eigenvalue weighted by Gasteiger charge is 2.14. The molecule has 2 aliphatic rings. The minimum absolute atomic E-state index is 0.464. The van der Waals surface area contributed by atoms with Crippen molar-refractivity contribution in [1.29, 1.82) is 0 Å². The highest BCUT2D eigenvalue weighted by Crippen LogP contribution is 2.11. The Hall–Kier alpha value is -0.410. The molecule has 0 amide bonds. The maximum Gasteiger partial charge on any atom is 0.135 e. The second kappa shape index (κ2) is 7.90. The van der Waals surface area contributed by atoms with E-state index in [9.17, 15) is 4.79 Å². The van der Waals surface area contributed by atoms with Crippen molar-refractivity contribution >= 4 is 5.78 Å². The van der Waals surface area contributed by atoms with E-state index in [1.54, 1.807) is 0 Å². The molecule has 0 aliphatic carbocycles. The molecule has 0 aromatic carbocycles. The quantitative estimate of drug-likeness (QED) is 0.725. The van der Waals surface area contributed by atoms with E-state index in [-0.39, 0.29) is 0 Å². The average Bonchev–Trinajstić information content (AvgIpc) is 2.45. The smallest absolute Gasteiger partial charge is 0.135 e. The molecule has 2 fully saturated rings. The molecule has 3 heteroatoms. The third kappa shape index (κ3) is 5.07. The van der Waals surface area contributed by atoms with Gasteiger partial charge < -0.3 is 9.80 Å². The van der Waals surface area contributed by atoms with Crippen LogP contribution in [-0.4, -0.2) is 54.9 Å². The number of ketones is 1. The first-order valence-corrected chi connectivity index (χ1v) is 7.81. The Morgan fingerprint density at radius 1 is 0.667 bits per heavy atom. The number of Topliss-reactive ketones (excluding diaryl/α,β-unsaturated/α-hetero) is 1. The van der Waals surface area contributed by atoms with Crippen molar-refractivity contribution in [3.8, 4) is 0 Å². The van der Waals surface area contributed by atoms with Gasteiger partial charge in [-0.15, -0.1) is 0 Å². The van der Waals surface area contributed by atoms with E-state index in [1.807, 2.05) is 0 Å². The lowest BCUT2D eigenvalue weighted by molar-refractivity contribution is -0.119. The van der Waals surface area contributed by atoms with Gasteiger partial charge in [0.2, 0.25) is 0 Å². The summed E-state index contributed by atoms with van der Waals surface area (Å²) < 4.78 is 0. The van der Waals surface area contributed by atoms with Crippen LogP contribution >= 0.6 is 0 Å². The van der Waals surface area contributed by atoms with Gasteiger partial charge in [-0.3, -0.25) is 4.79 Å². The maximum absolute atomic E-state index is 11.9. The van der Waals surface area contributed by atoms with Gasteiger partial charge in [0, 0.05) is 25.9 Å². The number of hydrogen-bond donors (Lipinski definition) is 0. The Morgan fingerprint density at radius 3 is 1.44 bits per heavy atom. The van der Waals surface area contributed by atoms with Crippen LogP contribution in [0.4, 0.5) is 0 Å². The normalized spacial score (nSPS) is 23.1. The van der Waals surface area contributed by atoms with E-state index < -0.39 is 0 Å². The Kier molecular flexibility index (Phi) is 6.15. The van der Waals surface area contributed by atoms with E-state index in [0.29, 0.717) is 5.78 Å². The Labute approximate surface area is 112 Å². The molecule has 2 rings (SSSR count). The van der Waals surface area contributed by atoms with Gasteiger partial charge in [0.05, 0.1) is 0 Å². The van der Waals surface area contributed by atoms with Crippen molar-refractivity contribution in [1.82, 2.24) is 9.80 Å². The fourth-order valence-corrected chi connectivity index (χ4v) is 3.06. The SMILES string of the molecule is O=C(CCN1CCCCC1)CCN1CCCCC1. The average molecular weight is 252 g/mol. The third-order valence-electron chi connectivity index (χ3n) is 4.31. The monoisotopic (exact) mass is 252 g/mol. The lowest BCUT2D eigenvalue weighted by Gasteiger charge is -2.27. The molecule has 0 aromatic heterocycles. The molecule has 2 heterocycles. The number of nitrogens with zero attached hydrogens (tertiary/aromatic N) is 2. The van der Waals surface area contributed by atoms with Gasteiger partial charge >= 0.3 is 0 Å². The van der Waals surface area contributed by atoms with Crippen LogP contribution in [0.25, 0.3) is 0 Å². The lowest BCUT2D eigenvalue weighted by Crippen LogP contribution is -2.33. The zero-order valence-electron chi connectivity index (χ0n) is 11.7. The first kappa shape index (κ1) is 14.0. The summed E-state index contributed by atoms with van der Waals surface area (Å²) in [6, 6.07) is 0. The molecule has 0 unspecified atom stereocenters. The molecule has 0 N–H and O–H groups in total. The van der Waals surface area contributed by atoms with Crippen LogP contribution in [0.3, 0.4) is 0 Å². The number of hydrogen-bond acceptors (Lipinski definition) is 3. The fourth-order valence-electron chi connectivity index (χ4n) is 3.06. The summed E-state index contributed by atoms with van der Waals surface area (Å²) in [6.07, 6.45) is 9.58. The molecular formula is C15H28N2O. The molecule has 0 aromatic rings. The molecule has 0 saturated carbocycles. The summed E-state index contributed by atoms with van der Waals surface area (Å²) in [6.45, 7) is 6.83. The number of likely N-dealkylation sites (tertiary alicyclic amines) is 2. The van der Waals surface area contributed by atoms with Gasteiger partial charge in [0.15, 0.2) is 0 Å². The maximum atomic E-state index is 11.9. The third-order valence-corrected chi connectivity index (χ3v) is 4.31. The highest BCUT2D eigenvalue weighted by atomic mass is 16.1. The minimum Gasteiger partial charge on any atom is -0.303 e. The highest BCUT2D eigenvalue weighted by molar-refractivity contribution is 5.78. The summed E-state index contributed by atoms with van der Waals surface area (Å²) in [4.78, 5) is 16.8. The summed E-state index contributed by atoms with van der Waals surface area (Å²) >= 11 is 0. The molecule has 0 bridgehead atoms. The van der Waals surface area contributed by atoms with Crippen LogP contribution in [-0.2, 0) is 4.79 Å². The molecule has 2 aliphatic heterocycles. The van der Waals surface area contributed by atoms with Crippen LogP contribution in [0, 0.1) is 0 Å². The molecular weight excluding hydrogens is 224 g/mol. The van der Waals surface area contributed by atoms with Gasteiger partial charge in [-0.25, -0.2) is 0 Å². The van der Waals surface area contributed by atoms with Crippen molar-refractivity contribution < 1.29 is 4.79 Å². The molecule has 0 spiro atoms. The van der Waals surface area contributed by atoms with Gasteiger partial charge in [-0.1, -0.05) is 12.8 Å². The van der Waals surface area contributed by atoms with E-state index in [4.69, 9.17) is 0 Å². The van der Waals surface area contributed by atoms with Crippen molar-refractivity contribution in [2.75, 3.05) is 39.3 Å². The zero-order chi connectivity index (χ0) is 12.6. The van der Waals surface area contributed by atoms with E-state index >= 15 is 0 Å². The fraction of sp³-hybridized carbons (Fsp3) is 0.933. The second-order valence-electron chi connectivity index (χ2n) is 5.84. The topological polar surface area (TPSA) is 23.6 Å². The second-order valence-corrected chi connectivity index (χ2v) is 5.84. The van der Waals surface area contributed by atoms with Crippen LogP contribution in [0.15, 0.2) is 0 Å². The number of piperidine rings is 2. The minimum atomic E-state index is 0.464. The Bertz CT molecular complexity index is 219. The van der Waals surface area contributed by atoms with Crippen molar-refractivity contribution in [3.05, 3.63) is 0 Å². The summed E-state index contributed by atoms with van der Waals surface area (Å²) in [7, 11) is 0. The first-order chi connectivity index (χ1) is 8.84. The van der Waals surface area contributed by atoms with Crippen LogP contribution in [0.1, 0.15) is 51.4 Å². The van der Waals surface area contributed by atoms with Crippen LogP contribution in [0.2, 0.25) is 0 Å². The largest absolute Gasteiger partial charge is 0.303 e. The van der Waals surface area contributed by atoms with Gasteiger partial charge in [0.25, 0.3) is 0 Å². The standard InChI is InChI=1S/C15H28N2O/c18-15(7-13-16-9-3-1-4-10-16)8-14-17-11-5-2-6-12-17/h1-14H2. The van der Waals surface area contributed by atoms with Crippen molar-refractivity contribution in [3.63, 3.8) is 0 Å². The summed E-state index contributed by atoms with van der Waals surface area (Å²) in [5.74, 6) is 0.464. The van der Waals surface area contributed by atoms with E-state index in [1.165, 1.54) is 64.7 Å². The number of carbonyl (C=O) groups is 1. The van der Waals surface area contributed by atoms with Crippen molar-refractivity contribution in [2.24, 2.45) is 0 Å². The van der Waals surface area contributed by atoms with Crippen LogP contribution < -0.4 is 0 Å². The molecule has 104 valence electrons. The van der Waals surface area contributed by atoms with Crippen molar-refractivity contribution in [2.45, 2.75) is 51.4 Å². The predicted molar refractivity (Wildman–Crippen MR) is 74.8 cm³/mol. The molecule has 0 atom stereocenters. The zero-order valence-corrected chi connectivity index (χ0v) is 11.7. The number of rotatable bonds is 6. The predicted octanol–water partition coefficient (Wildman–Crippen LogP) is 2.31. The summed E-state index contributed by atoms with van der Waals surface area (Å²) in [5.41, 5.74) is 0. The van der Waals surface area contributed by atoms with E-state index in [0.717, 1.165) is 25.9 Å². The van der Waals surface area contributed by atoms with E-state index in [2.05, 4.69) is 9.80 Å². The van der Waals surface area contributed by atoms with Gasteiger partial charge in [-0.2, -0.15) is 0 Å². The first-order valence-electron chi connectivity index (χ1n) is 7.81. The van der Waals surface area contributed by atoms with Crippen LogP contribution in [0.5, 0.6) is 0 Å². The Balaban J connectivity index is 1.54. The molecule has 2 saturated heterocycles. The summed E-state index contributed by atoms with van der Waals surface area (Å²) in [5, 5.41) is 0. The molecule has 0 radical (unpaired) electrons. The number of carbonyl (C=O) groups excluding carboxylic acids is 1.